The first-order valence-corrected chi connectivity index (χ1v) is 7.63. The predicted octanol–water partition coefficient (Wildman–Crippen LogP) is 3.62. The van der Waals surface area contributed by atoms with Gasteiger partial charge in [-0.1, -0.05) is 18.9 Å². The van der Waals surface area contributed by atoms with Gasteiger partial charge in [0.05, 0.1) is 22.8 Å². The van der Waals surface area contributed by atoms with Gasteiger partial charge in [0.1, 0.15) is 5.69 Å². The summed E-state index contributed by atoms with van der Waals surface area (Å²) in [7, 11) is 0. The third kappa shape index (κ3) is 2.01. The highest BCUT2D eigenvalue weighted by molar-refractivity contribution is 5.98. The summed E-state index contributed by atoms with van der Waals surface area (Å²) in [5.41, 5.74) is 2.65. The zero-order valence-electron chi connectivity index (χ0n) is 12.1. The summed E-state index contributed by atoms with van der Waals surface area (Å²) in [6, 6.07) is 9.73. The van der Waals surface area contributed by atoms with E-state index in [1.165, 1.54) is 25.7 Å². The summed E-state index contributed by atoms with van der Waals surface area (Å²) in [6.45, 7) is 0. The van der Waals surface area contributed by atoms with Crippen LogP contribution in [0.5, 0.6) is 0 Å². The molecule has 1 aliphatic rings. The van der Waals surface area contributed by atoms with Crippen molar-refractivity contribution in [3.8, 4) is 11.4 Å². The normalized spacial score (nSPS) is 15.6. The van der Waals surface area contributed by atoms with E-state index in [4.69, 9.17) is 0 Å². The number of aromatic nitrogens is 3. The van der Waals surface area contributed by atoms with Crippen molar-refractivity contribution >= 4 is 11.5 Å². The van der Waals surface area contributed by atoms with Crippen molar-refractivity contribution in [2.75, 3.05) is 0 Å². The van der Waals surface area contributed by atoms with Crippen LogP contribution >= 0.6 is 0 Å². The molecular formula is C17H17N3O2. The summed E-state index contributed by atoms with van der Waals surface area (Å²) in [6.07, 6.45) is 8.76. The van der Waals surface area contributed by atoms with Gasteiger partial charge in [0, 0.05) is 12.4 Å². The van der Waals surface area contributed by atoms with Crippen molar-refractivity contribution in [2.24, 2.45) is 0 Å². The number of fused-ring (bicyclic) bond motifs is 1. The first kappa shape index (κ1) is 13.1. The lowest BCUT2D eigenvalue weighted by Gasteiger charge is -2.08. The summed E-state index contributed by atoms with van der Waals surface area (Å²) in [5.74, 6) is -0.912. The molecule has 1 saturated carbocycles. The average molecular weight is 295 g/mol. The molecule has 1 fully saturated rings. The van der Waals surface area contributed by atoms with Crippen LogP contribution in [-0.2, 0) is 0 Å². The van der Waals surface area contributed by atoms with Gasteiger partial charge in [-0.25, -0.2) is 4.79 Å². The summed E-state index contributed by atoms with van der Waals surface area (Å²) in [5, 5.41) is 14.1. The monoisotopic (exact) mass is 295 g/mol. The third-order valence-corrected chi connectivity index (χ3v) is 4.48. The first-order valence-electron chi connectivity index (χ1n) is 7.63. The van der Waals surface area contributed by atoms with Gasteiger partial charge in [-0.05, 0) is 37.1 Å². The van der Waals surface area contributed by atoms with Gasteiger partial charge in [0.15, 0.2) is 0 Å². The number of carboxylic acid groups (broad SMARTS) is 1. The van der Waals surface area contributed by atoms with E-state index in [2.05, 4.69) is 5.10 Å². The van der Waals surface area contributed by atoms with Crippen LogP contribution < -0.4 is 0 Å². The molecule has 3 heterocycles. The fourth-order valence-corrected chi connectivity index (χ4v) is 3.37. The van der Waals surface area contributed by atoms with Crippen molar-refractivity contribution in [3.63, 3.8) is 0 Å². The lowest BCUT2D eigenvalue weighted by molar-refractivity contribution is 0.0699. The van der Waals surface area contributed by atoms with Crippen LogP contribution in [0.15, 0.2) is 42.7 Å². The van der Waals surface area contributed by atoms with Crippen molar-refractivity contribution < 1.29 is 9.90 Å². The lowest BCUT2D eigenvalue weighted by atomic mass is 10.2. The number of hydrogen-bond donors (Lipinski definition) is 1. The molecule has 0 amide bonds. The van der Waals surface area contributed by atoms with E-state index >= 15 is 0 Å². The number of carbonyl (C=O) groups is 1. The second-order valence-corrected chi connectivity index (χ2v) is 5.82. The van der Waals surface area contributed by atoms with Crippen LogP contribution in [-0.4, -0.2) is 25.3 Å². The van der Waals surface area contributed by atoms with Crippen molar-refractivity contribution in [1.29, 1.82) is 0 Å². The minimum atomic E-state index is -0.912. The minimum absolute atomic E-state index is 0.311. The Labute approximate surface area is 127 Å². The Balaban J connectivity index is 1.82. The Hall–Kier alpha value is -2.56. The standard InChI is InChI=1S/C17H17N3O2/c21-17(22)13-11-16(19-9-4-3-7-15(13)19)14-8-10-20(18-14)12-5-1-2-6-12/h3-4,7-12H,1-2,5-6H2,(H,21,22). The largest absolute Gasteiger partial charge is 0.478 e. The van der Waals surface area contributed by atoms with Crippen LogP contribution in [0.4, 0.5) is 0 Å². The maximum atomic E-state index is 11.4. The van der Waals surface area contributed by atoms with Gasteiger partial charge in [-0.2, -0.15) is 5.10 Å². The highest BCUT2D eigenvalue weighted by atomic mass is 16.4. The molecule has 0 saturated heterocycles. The summed E-state index contributed by atoms with van der Waals surface area (Å²) >= 11 is 0. The van der Waals surface area contributed by atoms with Crippen LogP contribution in [0.2, 0.25) is 0 Å². The molecule has 5 nitrogen and oxygen atoms in total. The zero-order valence-corrected chi connectivity index (χ0v) is 12.1. The van der Waals surface area contributed by atoms with E-state index in [0.29, 0.717) is 17.1 Å². The number of hydrogen-bond acceptors (Lipinski definition) is 2. The van der Waals surface area contributed by atoms with Crippen molar-refractivity contribution in [3.05, 3.63) is 48.3 Å². The third-order valence-electron chi connectivity index (χ3n) is 4.48. The molecule has 0 bridgehead atoms. The average Bonchev–Trinajstić information content (AvgIpc) is 3.25. The molecule has 22 heavy (non-hydrogen) atoms. The van der Waals surface area contributed by atoms with E-state index in [1.807, 2.05) is 45.7 Å². The van der Waals surface area contributed by atoms with Gasteiger partial charge in [0.25, 0.3) is 0 Å². The Morgan fingerprint density at radius 1 is 1.18 bits per heavy atom. The van der Waals surface area contributed by atoms with Gasteiger partial charge in [-0.3, -0.25) is 4.68 Å². The lowest BCUT2D eigenvalue weighted by Crippen LogP contribution is -2.05. The van der Waals surface area contributed by atoms with E-state index in [-0.39, 0.29) is 0 Å². The van der Waals surface area contributed by atoms with Crippen molar-refractivity contribution in [2.45, 2.75) is 31.7 Å². The molecule has 3 aromatic rings. The SMILES string of the molecule is O=C(O)c1cc(-c2ccn(C3CCCC3)n2)n2ccccc12. The Bertz CT molecular complexity index is 841. The second kappa shape index (κ2) is 5.02. The maximum Gasteiger partial charge on any atom is 0.337 e. The summed E-state index contributed by atoms with van der Waals surface area (Å²) in [4.78, 5) is 11.4. The van der Waals surface area contributed by atoms with Crippen LogP contribution in [0, 0.1) is 0 Å². The number of rotatable bonds is 3. The molecule has 0 spiro atoms. The Morgan fingerprint density at radius 3 is 2.77 bits per heavy atom. The molecule has 0 radical (unpaired) electrons. The molecular weight excluding hydrogens is 278 g/mol. The molecule has 1 N–H and O–H groups in total. The molecule has 0 unspecified atom stereocenters. The van der Waals surface area contributed by atoms with Crippen LogP contribution in [0.3, 0.4) is 0 Å². The van der Waals surface area contributed by atoms with E-state index in [1.54, 1.807) is 6.07 Å². The molecule has 1 aliphatic carbocycles. The fourth-order valence-electron chi connectivity index (χ4n) is 3.37. The van der Waals surface area contributed by atoms with Crippen LogP contribution in [0.25, 0.3) is 16.9 Å². The number of pyridine rings is 1. The highest BCUT2D eigenvalue weighted by Crippen LogP contribution is 2.31. The molecule has 112 valence electrons. The van der Waals surface area contributed by atoms with E-state index < -0.39 is 5.97 Å². The number of carboxylic acids is 1. The van der Waals surface area contributed by atoms with Crippen LogP contribution in [0.1, 0.15) is 42.1 Å². The number of nitrogens with zero attached hydrogens (tertiary/aromatic N) is 3. The number of aromatic carboxylic acids is 1. The molecule has 0 aliphatic heterocycles. The second-order valence-electron chi connectivity index (χ2n) is 5.82. The summed E-state index contributed by atoms with van der Waals surface area (Å²) < 4.78 is 3.93. The van der Waals surface area contributed by atoms with E-state index in [0.717, 1.165) is 11.4 Å². The van der Waals surface area contributed by atoms with Crippen molar-refractivity contribution in [1.82, 2.24) is 14.2 Å². The molecule has 4 rings (SSSR count). The fraction of sp³-hybridized carbons (Fsp3) is 0.294. The molecule has 3 aromatic heterocycles. The molecule has 0 aromatic carbocycles. The van der Waals surface area contributed by atoms with Gasteiger partial charge in [0.2, 0.25) is 0 Å². The molecule has 0 atom stereocenters. The maximum absolute atomic E-state index is 11.4. The van der Waals surface area contributed by atoms with Gasteiger partial charge in [-0.15, -0.1) is 0 Å². The molecule has 5 heteroatoms. The quantitative estimate of drug-likeness (QED) is 0.803. The van der Waals surface area contributed by atoms with E-state index in [9.17, 15) is 9.90 Å². The highest BCUT2D eigenvalue weighted by Gasteiger charge is 2.20. The predicted molar refractivity (Wildman–Crippen MR) is 83.1 cm³/mol. The topological polar surface area (TPSA) is 59.5 Å². The Morgan fingerprint density at radius 2 is 2.00 bits per heavy atom. The zero-order chi connectivity index (χ0) is 15.1. The van der Waals surface area contributed by atoms with Gasteiger partial charge < -0.3 is 9.51 Å². The smallest absolute Gasteiger partial charge is 0.337 e. The van der Waals surface area contributed by atoms with Gasteiger partial charge >= 0.3 is 5.97 Å². The Kier molecular flexibility index (Phi) is 2.99. The minimum Gasteiger partial charge on any atom is -0.478 e. The first-order chi connectivity index (χ1) is 10.7.